The smallest absolute Gasteiger partial charge is 0.246 e. The highest BCUT2D eigenvalue weighted by Gasteiger charge is 2.25. The number of carbonyl (C=O) groups excluding carboxylic acids is 2. The Bertz CT molecular complexity index is 566. The summed E-state index contributed by atoms with van der Waals surface area (Å²) < 4.78 is 0. The number of piperidine rings is 1. The van der Waals surface area contributed by atoms with Crippen LogP contribution in [0.5, 0.6) is 0 Å². The highest BCUT2D eigenvalue weighted by atomic mass is 16.3. The molecule has 2 rings (SSSR count). The molecule has 1 heterocycles. The molecule has 118 valence electrons. The number of nitrogens with one attached hydrogen (secondary N) is 1. The number of benzene rings is 1. The summed E-state index contributed by atoms with van der Waals surface area (Å²) in [5.74, 6) is 0.0441. The van der Waals surface area contributed by atoms with Gasteiger partial charge in [0, 0.05) is 31.8 Å². The molecule has 0 aliphatic carbocycles. The molecule has 1 aliphatic rings. The lowest BCUT2D eigenvalue weighted by atomic mass is 9.96. The molecule has 1 aliphatic heterocycles. The number of β-amino-alcohol motifs (C(OH)–C–C–N with tert-alkyl or cyclic N) is 1. The third kappa shape index (κ3) is 4.43. The van der Waals surface area contributed by atoms with Crippen LogP contribution in [0.4, 0.5) is 5.69 Å². The molecule has 1 saturated heterocycles. The van der Waals surface area contributed by atoms with Crippen molar-refractivity contribution in [1.82, 2.24) is 4.90 Å². The fourth-order valence-corrected chi connectivity index (χ4v) is 2.40. The van der Waals surface area contributed by atoms with Gasteiger partial charge in [0.25, 0.3) is 0 Å². The van der Waals surface area contributed by atoms with E-state index < -0.39 is 6.10 Å². The molecule has 5 nitrogen and oxygen atoms in total. The van der Waals surface area contributed by atoms with Gasteiger partial charge in [0.15, 0.2) is 0 Å². The van der Waals surface area contributed by atoms with E-state index in [0.717, 1.165) is 17.7 Å². The number of aliphatic hydroxyl groups excluding tert-OH is 1. The Kier molecular flexibility index (Phi) is 5.33. The first-order valence-electron chi connectivity index (χ1n) is 7.48. The van der Waals surface area contributed by atoms with Gasteiger partial charge < -0.3 is 15.3 Å². The quantitative estimate of drug-likeness (QED) is 0.838. The number of carbonyl (C=O) groups is 2. The van der Waals surface area contributed by atoms with Gasteiger partial charge in [-0.25, -0.2) is 0 Å². The van der Waals surface area contributed by atoms with Crippen molar-refractivity contribution in [2.75, 3.05) is 18.4 Å². The van der Waals surface area contributed by atoms with Gasteiger partial charge in [0.2, 0.25) is 11.8 Å². The van der Waals surface area contributed by atoms with Crippen molar-refractivity contribution in [3.8, 4) is 0 Å². The third-order valence-electron chi connectivity index (χ3n) is 3.88. The zero-order valence-electron chi connectivity index (χ0n) is 13.0. The van der Waals surface area contributed by atoms with Crippen molar-refractivity contribution in [1.29, 1.82) is 0 Å². The number of rotatable bonds is 3. The molecule has 1 fully saturated rings. The average Bonchev–Trinajstić information content (AvgIpc) is 2.48. The van der Waals surface area contributed by atoms with E-state index in [1.54, 1.807) is 23.1 Å². The van der Waals surface area contributed by atoms with Crippen molar-refractivity contribution in [2.45, 2.75) is 26.4 Å². The fourth-order valence-electron chi connectivity index (χ4n) is 2.40. The molecule has 0 aromatic heterocycles. The molecule has 1 aromatic rings. The lowest BCUT2D eigenvalue weighted by molar-refractivity contribution is -0.130. The number of nitrogens with zero attached hydrogens (tertiary/aromatic N) is 1. The summed E-state index contributed by atoms with van der Waals surface area (Å²) in [7, 11) is 0. The van der Waals surface area contributed by atoms with Crippen LogP contribution >= 0.6 is 0 Å². The van der Waals surface area contributed by atoms with Crippen LogP contribution in [0.1, 0.15) is 25.8 Å². The van der Waals surface area contributed by atoms with Crippen molar-refractivity contribution in [3.05, 3.63) is 35.9 Å². The molecule has 2 atom stereocenters. The predicted octanol–water partition coefficient (Wildman–Crippen LogP) is 1.89. The van der Waals surface area contributed by atoms with E-state index in [1.165, 1.54) is 13.0 Å². The second-order valence-corrected chi connectivity index (χ2v) is 5.75. The molecule has 0 saturated carbocycles. The average molecular weight is 302 g/mol. The minimum Gasteiger partial charge on any atom is -0.391 e. The van der Waals surface area contributed by atoms with Crippen LogP contribution in [-0.4, -0.2) is 41.0 Å². The van der Waals surface area contributed by atoms with E-state index in [4.69, 9.17) is 0 Å². The molecule has 0 bridgehead atoms. The van der Waals surface area contributed by atoms with Gasteiger partial charge in [-0.15, -0.1) is 0 Å². The summed E-state index contributed by atoms with van der Waals surface area (Å²) in [5, 5.41) is 12.5. The Balaban J connectivity index is 1.93. The van der Waals surface area contributed by atoms with Crippen LogP contribution in [0.2, 0.25) is 0 Å². The molecule has 0 radical (unpaired) electrons. The van der Waals surface area contributed by atoms with Crippen molar-refractivity contribution in [2.24, 2.45) is 5.92 Å². The first-order valence-corrected chi connectivity index (χ1v) is 7.48. The van der Waals surface area contributed by atoms with E-state index in [9.17, 15) is 14.7 Å². The van der Waals surface area contributed by atoms with Gasteiger partial charge in [0.1, 0.15) is 0 Å². The zero-order chi connectivity index (χ0) is 16.1. The van der Waals surface area contributed by atoms with E-state index >= 15 is 0 Å². The third-order valence-corrected chi connectivity index (χ3v) is 3.88. The van der Waals surface area contributed by atoms with Crippen LogP contribution in [0, 0.1) is 5.92 Å². The first kappa shape index (κ1) is 16.2. The minimum absolute atomic E-state index is 0.0862. The molecule has 1 aromatic carbocycles. The normalized spacial score (nSPS) is 21.9. The van der Waals surface area contributed by atoms with Crippen LogP contribution in [0.25, 0.3) is 6.08 Å². The molecule has 2 N–H and O–H groups in total. The predicted molar refractivity (Wildman–Crippen MR) is 86.1 cm³/mol. The Morgan fingerprint density at radius 2 is 2.00 bits per heavy atom. The van der Waals surface area contributed by atoms with Gasteiger partial charge in [-0.2, -0.15) is 0 Å². The highest BCUT2D eigenvalue weighted by Crippen LogP contribution is 2.17. The van der Waals surface area contributed by atoms with E-state index in [-0.39, 0.29) is 17.7 Å². The summed E-state index contributed by atoms with van der Waals surface area (Å²) in [4.78, 5) is 24.7. The van der Waals surface area contributed by atoms with Gasteiger partial charge in [-0.05, 0) is 36.1 Å². The lowest BCUT2D eigenvalue weighted by Gasteiger charge is -2.33. The number of anilines is 1. The highest BCUT2D eigenvalue weighted by molar-refractivity contribution is 5.92. The van der Waals surface area contributed by atoms with Crippen LogP contribution < -0.4 is 5.32 Å². The minimum atomic E-state index is -0.442. The summed E-state index contributed by atoms with van der Waals surface area (Å²) in [6.45, 7) is 4.54. The van der Waals surface area contributed by atoms with Crippen LogP contribution in [0.15, 0.2) is 30.3 Å². The standard InChI is InChI=1S/C17H22N2O3/c1-12-9-10-19(11-16(12)21)17(22)8-5-14-3-6-15(7-4-14)18-13(2)20/h3-8,12,16,21H,9-11H2,1-2H3,(H,18,20)/b8-5+. The van der Waals surface area contributed by atoms with Gasteiger partial charge >= 0.3 is 0 Å². The van der Waals surface area contributed by atoms with Crippen LogP contribution in [0.3, 0.4) is 0 Å². The van der Waals surface area contributed by atoms with Crippen molar-refractivity contribution >= 4 is 23.6 Å². The number of aliphatic hydroxyl groups is 1. The summed E-state index contributed by atoms with van der Waals surface area (Å²) in [5.41, 5.74) is 1.61. The Hall–Kier alpha value is -2.14. The zero-order valence-corrected chi connectivity index (χ0v) is 13.0. The number of hydrogen-bond acceptors (Lipinski definition) is 3. The number of likely N-dealkylation sites (tertiary alicyclic amines) is 1. The maximum absolute atomic E-state index is 12.1. The summed E-state index contributed by atoms with van der Waals surface area (Å²) >= 11 is 0. The number of amides is 2. The summed E-state index contributed by atoms with van der Waals surface area (Å²) in [6, 6.07) is 7.25. The molecular weight excluding hydrogens is 280 g/mol. The molecule has 5 heteroatoms. The van der Waals surface area contributed by atoms with E-state index in [2.05, 4.69) is 5.32 Å². The summed E-state index contributed by atoms with van der Waals surface area (Å²) in [6.07, 6.45) is 3.65. The molecule has 22 heavy (non-hydrogen) atoms. The lowest BCUT2D eigenvalue weighted by Crippen LogP contribution is -2.45. The molecule has 2 amide bonds. The maximum atomic E-state index is 12.1. The SMILES string of the molecule is CC(=O)Nc1ccc(/C=C/C(=O)N2CCC(C)C(O)C2)cc1. The fraction of sp³-hybridized carbons (Fsp3) is 0.412. The molecule has 2 unspecified atom stereocenters. The van der Waals surface area contributed by atoms with E-state index in [0.29, 0.717) is 13.1 Å². The molecular formula is C17H22N2O3. The largest absolute Gasteiger partial charge is 0.391 e. The first-order chi connectivity index (χ1) is 10.5. The molecule has 0 spiro atoms. The Morgan fingerprint density at radius 3 is 2.59 bits per heavy atom. The maximum Gasteiger partial charge on any atom is 0.246 e. The Labute approximate surface area is 130 Å². The second kappa shape index (κ2) is 7.22. The topological polar surface area (TPSA) is 69.6 Å². The Morgan fingerprint density at radius 1 is 1.32 bits per heavy atom. The van der Waals surface area contributed by atoms with Gasteiger partial charge in [0.05, 0.1) is 6.10 Å². The van der Waals surface area contributed by atoms with Gasteiger partial charge in [-0.3, -0.25) is 9.59 Å². The van der Waals surface area contributed by atoms with Crippen molar-refractivity contribution in [3.63, 3.8) is 0 Å². The van der Waals surface area contributed by atoms with Gasteiger partial charge in [-0.1, -0.05) is 19.1 Å². The van der Waals surface area contributed by atoms with Crippen molar-refractivity contribution < 1.29 is 14.7 Å². The van der Waals surface area contributed by atoms with E-state index in [1.807, 2.05) is 19.1 Å². The number of hydrogen-bond donors (Lipinski definition) is 2. The van der Waals surface area contributed by atoms with Crippen LogP contribution in [-0.2, 0) is 9.59 Å². The monoisotopic (exact) mass is 302 g/mol. The second-order valence-electron chi connectivity index (χ2n) is 5.75.